The Hall–Kier alpha value is -5.49. The van der Waals surface area contributed by atoms with Gasteiger partial charge < -0.3 is 35.6 Å². The van der Waals surface area contributed by atoms with Gasteiger partial charge in [-0.1, -0.05) is 29.8 Å². The molecule has 0 spiro atoms. The van der Waals surface area contributed by atoms with Crippen LogP contribution in [0, 0.1) is 11.2 Å². The molecular formula is C45H52ClFN8O7S. The lowest BCUT2D eigenvalue weighted by molar-refractivity contribution is -0.137. The van der Waals surface area contributed by atoms with E-state index in [1.807, 2.05) is 23.6 Å². The fourth-order valence-electron chi connectivity index (χ4n) is 8.26. The van der Waals surface area contributed by atoms with E-state index in [0.717, 1.165) is 36.5 Å². The average molecular weight is 903 g/mol. The van der Waals surface area contributed by atoms with Crippen LogP contribution >= 0.6 is 22.9 Å². The molecule has 3 aliphatic rings. The lowest BCUT2D eigenvalue weighted by Crippen LogP contribution is -2.52. The van der Waals surface area contributed by atoms with Crippen molar-refractivity contribution in [1.82, 2.24) is 30.8 Å². The third kappa shape index (κ3) is 12.0. The number of carbonyl (C=O) groups is 5. The number of halogens is 2. The largest absolute Gasteiger partial charge is 0.487 e. The Labute approximate surface area is 374 Å². The van der Waals surface area contributed by atoms with E-state index in [-0.39, 0.29) is 66.4 Å². The van der Waals surface area contributed by atoms with E-state index < -0.39 is 23.2 Å². The molecule has 15 nitrogen and oxygen atoms in total. The first kappa shape index (κ1) is 45.5. The predicted octanol–water partition coefficient (Wildman–Crippen LogP) is 6.31. The topological polar surface area (TPSA) is 193 Å². The van der Waals surface area contributed by atoms with Gasteiger partial charge >= 0.3 is 0 Å². The van der Waals surface area contributed by atoms with E-state index in [0.29, 0.717) is 81.0 Å². The maximum Gasteiger partial charge on any atom is 0.255 e. The Bertz CT molecular complexity index is 2260. The van der Waals surface area contributed by atoms with E-state index in [9.17, 15) is 28.4 Å². The SMILES string of the molecule is O=C1CCC(N2Cc3c(NC(=O)CNCCCCOCCCCNC(=O)C4(Cc5cccc(Nc6nccs6)n5)CCC(Oc5cccc(Cl)c5F)CC4)cccc3C2=O)C(=O)N1. The highest BCUT2D eigenvalue weighted by molar-refractivity contribution is 7.13. The number of thiazole rings is 1. The second kappa shape index (κ2) is 21.7. The number of rotatable bonds is 21. The van der Waals surface area contributed by atoms with Gasteiger partial charge in [0.25, 0.3) is 5.91 Å². The predicted molar refractivity (Wildman–Crippen MR) is 236 cm³/mol. The average Bonchev–Trinajstić information content (AvgIpc) is 3.91. The third-order valence-corrected chi connectivity index (χ3v) is 12.6. The number of hydrogen-bond donors (Lipinski definition) is 5. The molecule has 1 saturated carbocycles. The number of nitrogens with one attached hydrogen (secondary N) is 5. The molecule has 18 heteroatoms. The van der Waals surface area contributed by atoms with Gasteiger partial charge in [0.2, 0.25) is 23.6 Å². The van der Waals surface area contributed by atoms with Gasteiger partial charge in [-0.05, 0) is 101 Å². The van der Waals surface area contributed by atoms with Crippen LogP contribution in [0.25, 0.3) is 0 Å². The van der Waals surface area contributed by atoms with Crippen LogP contribution < -0.4 is 31.3 Å². The van der Waals surface area contributed by atoms with E-state index in [4.69, 9.17) is 26.1 Å². The number of nitrogens with zero attached hydrogens (tertiary/aromatic N) is 3. The van der Waals surface area contributed by atoms with Crippen molar-refractivity contribution in [2.24, 2.45) is 5.41 Å². The Morgan fingerprint density at radius 1 is 0.968 bits per heavy atom. The van der Waals surface area contributed by atoms with Crippen molar-refractivity contribution in [3.05, 3.63) is 93.8 Å². The summed E-state index contributed by atoms with van der Waals surface area (Å²) in [4.78, 5) is 74.4. The summed E-state index contributed by atoms with van der Waals surface area (Å²) in [5.74, 6) is -1.22. The molecule has 1 aliphatic carbocycles. The van der Waals surface area contributed by atoms with Crippen molar-refractivity contribution in [2.45, 2.75) is 89.3 Å². The highest BCUT2D eigenvalue weighted by Crippen LogP contribution is 2.41. The first-order chi connectivity index (χ1) is 30.6. The minimum Gasteiger partial charge on any atom is -0.487 e. The molecule has 2 aromatic carbocycles. The minimum absolute atomic E-state index is 0.00541. The van der Waals surface area contributed by atoms with Crippen molar-refractivity contribution in [2.75, 3.05) is 43.5 Å². The first-order valence-corrected chi connectivity index (χ1v) is 22.7. The fourth-order valence-corrected chi connectivity index (χ4v) is 8.97. The molecular weight excluding hydrogens is 851 g/mol. The van der Waals surface area contributed by atoms with Crippen LogP contribution in [0.5, 0.6) is 5.75 Å². The van der Waals surface area contributed by atoms with Crippen LogP contribution in [0.4, 0.5) is 21.0 Å². The summed E-state index contributed by atoms with van der Waals surface area (Å²) in [5.41, 5.74) is 1.69. The monoisotopic (exact) mass is 902 g/mol. The van der Waals surface area contributed by atoms with Crippen molar-refractivity contribution in [3.63, 3.8) is 0 Å². The minimum atomic E-state index is -0.727. The van der Waals surface area contributed by atoms with Gasteiger partial charge in [-0.25, -0.2) is 14.4 Å². The Morgan fingerprint density at radius 2 is 1.75 bits per heavy atom. The lowest BCUT2D eigenvalue weighted by atomic mass is 9.69. The molecule has 0 radical (unpaired) electrons. The summed E-state index contributed by atoms with van der Waals surface area (Å²) in [6.45, 7) is 2.52. The summed E-state index contributed by atoms with van der Waals surface area (Å²) in [6, 6.07) is 14.8. The Kier molecular flexibility index (Phi) is 15.7. The molecule has 2 fully saturated rings. The number of anilines is 3. The van der Waals surface area contributed by atoms with Crippen LogP contribution in [0.15, 0.2) is 66.2 Å². The number of unbranched alkanes of at least 4 members (excludes halogenated alkanes) is 2. The van der Waals surface area contributed by atoms with E-state index in [2.05, 4.69) is 31.6 Å². The van der Waals surface area contributed by atoms with E-state index >= 15 is 0 Å². The van der Waals surface area contributed by atoms with Crippen LogP contribution in [-0.2, 0) is 36.9 Å². The zero-order chi connectivity index (χ0) is 44.2. The van der Waals surface area contributed by atoms with Crippen LogP contribution in [0.2, 0.25) is 5.02 Å². The summed E-state index contributed by atoms with van der Waals surface area (Å²) in [5, 5.41) is 17.4. The normalized spacial score (nSPS) is 19.7. The van der Waals surface area contributed by atoms with Crippen molar-refractivity contribution >= 4 is 69.1 Å². The summed E-state index contributed by atoms with van der Waals surface area (Å²) < 4.78 is 26.5. The van der Waals surface area contributed by atoms with Gasteiger partial charge in [-0.15, -0.1) is 11.3 Å². The zero-order valence-corrected chi connectivity index (χ0v) is 36.5. The lowest BCUT2D eigenvalue weighted by Gasteiger charge is -2.39. The second-order valence-electron chi connectivity index (χ2n) is 16.0. The van der Waals surface area contributed by atoms with Crippen LogP contribution in [0.3, 0.4) is 0 Å². The standard InChI is InChI=1S/C45H52ClFN8O7S/c46-33-10-7-12-36(40(33)47)62-30-16-18-45(19-17-30,26-29-8-5-13-37(51-29)53-44-50-22-25-63-44)43(60)49-21-2-4-24-61-23-3-1-20-48-27-39(57)52-34-11-6-9-31-32(34)28-55(42(31)59)35-14-15-38(56)54-41(35)58/h5-13,22,25,30,35,48H,1-4,14-21,23-24,26-28H2,(H,49,60)(H,52,57)(H,50,51,53)(H,54,56,58). The number of benzene rings is 2. The highest BCUT2D eigenvalue weighted by Gasteiger charge is 2.43. The number of aromatic nitrogens is 2. The quantitative estimate of drug-likeness (QED) is 0.0465. The smallest absolute Gasteiger partial charge is 0.255 e. The molecule has 1 unspecified atom stereocenters. The third-order valence-electron chi connectivity index (χ3n) is 11.6. The van der Waals surface area contributed by atoms with Crippen LogP contribution in [-0.4, -0.2) is 89.4 Å². The molecule has 334 valence electrons. The number of imide groups is 1. The molecule has 63 heavy (non-hydrogen) atoms. The first-order valence-electron chi connectivity index (χ1n) is 21.4. The zero-order valence-electron chi connectivity index (χ0n) is 34.9. The molecule has 2 aliphatic heterocycles. The van der Waals surface area contributed by atoms with Crippen LogP contribution in [0.1, 0.15) is 85.8 Å². The number of ether oxygens (including phenoxy) is 2. The molecule has 5 N–H and O–H groups in total. The summed E-state index contributed by atoms with van der Waals surface area (Å²) in [6.07, 6.45) is 7.71. The summed E-state index contributed by atoms with van der Waals surface area (Å²) in [7, 11) is 0. The summed E-state index contributed by atoms with van der Waals surface area (Å²) >= 11 is 7.46. The number of hydrogen-bond acceptors (Lipinski definition) is 12. The molecule has 1 atom stereocenters. The molecule has 4 aromatic rings. The Morgan fingerprint density at radius 3 is 2.52 bits per heavy atom. The molecule has 1 saturated heterocycles. The second-order valence-corrected chi connectivity index (χ2v) is 17.3. The number of piperidine rings is 1. The number of fused-ring (bicyclic) bond motifs is 1. The van der Waals surface area contributed by atoms with E-state index in [1.54, 1.807) is 36.5 Å². The molecule has 4 heterocycles. The maximum atomic E-state index is 14.6. The fraction of sp³-hybridized carbons (Fsp3) is 0.444. The number of amides is 5. The number of carbonyl (C=O) groups excluding carboxylic acids is 5. The van der Waals surface area contributed by atoms with Gasteiger partial charge in [0, 0.05) is 73.2 Å². The highest BCUT2D eigenvalue weighted by atomic mass is 35.5. The van der Waals surface area contributed by atoms with Crippen molar-refractivity contribution in [1.29, 1.82) is 0 Å². The molecule has 5 amide bonds. The van der Waals surface area contributed by atoms with Crippen molar-refractivity contribution in [3.8, 4) is 5.75 Å². The van der Waals surface area contributed by atoms with Gasteiger partial charge in [0.15, 0.2) is 16.7 Å². The van der Waals surface area contributed by atoms with Crippen molar-refractivity contribution < 1.29 is 37.8 Å². The molecule has 2 aromatic heterocycles. The van der Waals surface area contributed by atoms with Gasteiger partial charge in [0.05, 0.1) is 23.1 Å². The maximum absolute atomic E-state index is 14.6. The van der Waals surface area contributed by atoms with Gasteiger partial charge in [-0.2, -0.15) is 0 Å². The van der Waals surface area contributed by atoms with E-state index in [1.165, 1.54) is 22.3 Å². The molecule has 7 rings (SSSR count). The Balaban J connectivity index is 0.789. The van der Waals surface area contributed by atoms with Gasteiger partial charge in [0.1, 0.15) is 11.9 Å². The molecule has 0 bridgehead atoms. The van der Waals surface area contributed by atoms with Gasteiger partial charge in [-0.3, -0.25) is 29.3 Å². The number of pyridine rings is 1.